The predicted octanol–water partition coefficient (Wildman–Crippen LogP) is 1.24. The fraction of sp³-hybridized carbons (Fsp3) is 0.571. The molecule has 0 bridgehead atoms. The minimum atomic E-state index is -4.57. The predicted molar refractivity (Wildman–Crippen MR) is 78.2 cm³/mol. The average Bonchev–Trinajstić information content (AvgIpc) is 2.76. The Labute approximate surface area is 133 Å². The molecular weight excluding hydrogens is 331 g/mol. The van der Waals surface area contributed by atoms with Crippen LogP contribution in [-0.2, 0) is 29.3 Å². The zero-order valence-electron chi connectivity index (χ0n) is 12.7. The smallest absolute Gasteiger partial charge is 0.304 e. The summed E-state index contributed by atoms with van der Waals surface area (Å²) < 4.78 is 65.8. The Kier molecular flexibility index (Phi) is 4.16. The molecule has 1 N–H and O–H groups in total. The first-order chi connectivity index (χ1) is 10.7. The minimum absolute atomic E-state index is 0.181. The molecule has 0 aromatic heterocycles. The maximum Gasteiger partial charge on any atom is 0.416 e. The van der Waals surface area contributed by atoms with Crippen molar-refractivity contribution >= 4 is 10.0 Å². The number of sulfonamides is 1. The molecule has 128 valence electrons. The van der Waals surface area contributed by atoms with Gasteiger partial charge in [0.15, 0.2) is 0 Å². The summed E-state index contributed by atoms with van der Waals surface area (Å²) in [5, 5.41) is 0. The average molecular weight is 349 g/mol. The van der Waals surface area contributed by atoms with Crippen molar-refractivity contribution in [1.82, 2.24) is 14.5 Å². The number of piperazine rings is 1. The third-order valence-electron chi connectivity index (χ3n) is 4.30. The third-order valence-corrected chi connectivity index (χ3v) is 5.77. The van der Waals surface area contributed by atoms with Gasteiger partial charge in [-0.25, -0.2) is 13.1 Å². The number of fused-ring (bicyclic) bond motifs is 1. The Morgan fingerprint density at radius 2 is 1.83 bits per heavy atom. The van der Waals surface area contributed by atoms with Crippen LogP contribution in [0.1, 0.15) is 16.7 Å². The van der Waals surface area contributed by atoms with Gasteiger partial charge in [0.1, 0.15) is 0 Å². The van der Waals surface area contributed by atoms with Gasteiger partial charge >= 0.3 is 6.18 Å². The number of hydrogen-bond donors (Lipinski definition) is 1. The van der Waals surface area contributed by atoms with Crippen molar-refractivity contribution in [3.05, 3.63) is 28.8 Å². The minimum Gasteiger partial charge on any atom is -0.304 e. The van der Waals surface area contributed by atoms with Crippen LogP contribution in [0.3, 0.4) is 0 Å². The molecule has 0 aliphatic carbocycles. The number of nitrogens with zero attached hydrogens (tertiary/aromatic N) is 2. The van der Waals surface area contributed by atoms with E-state index in [0.717, 1.165) is 32.2 Å². The van der Waals surface area contributed by atoms with E-state index in [1.54, 1.807) is 0 Å². The second-order valence-corrected chi connectivity index (χ2v) is 7.76. The number of nitrogens with one attached hydrogen (secondary N) is 1. The summed E-state index contributed by atoms with van der Waals surface area (Å²) in [6, 6.07) is 2.46. The summed E-state index contributed by atoms with van der Waals surface area (Å²) in [4.78, 5) is 3.95. The molecule has 23 heavy (non-hydrogen) atoms. The molecule has 0 spiro atoms. The molecule has 0 atom stereocenters. The molecule has 1 aromatic carbocycles. The molecule has 5 nitrogen and oxygen atoms in total. The first-order valence-electron chi connectivity index (χ1n) is 7.30. The molecule has 3 rings (SSSR count). The second-order valence-electron chi connectivity index (χ2n) is 6.02. The van der Waals surface area contributed by atoms with E-state index < -0.39 is 21.8 Å². The van der Waals surface area contributed by atoms with Gasteiger partial charge in [0.05, 0.1) is 10.5 Å². The highest BCUT2D eigenvalue weighted by atomic mass is 32.2. The van der Waals surface area contributed by atoms with Crippen LogP contribution in [0.15, 0.2) is 17.0 Å². The van der Waals surface area contributed by atoms with Crippen LogP contribution in [-0.4, -0.2) is 51.4 Å². The van der Waals surface area contributed by atoms with Crippen LogP contribution in [0.25, 0.3) is 0 Å². The number of rotatable bonds is 2. The molecule has 1 aromatic rings. The maximum absolute atomic E-state index is 13.3. The molecule has 2 aliphatic heterocycles. The SMILES string of the molecule is CN1CCN(Cc2cc(C(F)(F)F)c3c(c2)S(=O)(=O)NC3)CC1. The molecule has 2 aliphatic rings. The van der Waals surface area contributed by atoms with E-state index in [-0.39, 0.29) is 17.0 Å². The maximum atomic E-state index is 13.3. The molecule has 0 amide bonds. The number of hydrogen-bond acceptors (Lipinski definition) is 4. The fourth-order valence-corrected chi connectivity index (χ4v) is 4.28. The van der Waals surface area contributed by atoms with E-state index >= 15 is 0 Å². The van der Waals surface area contributed by atoms with Gasteiger partial charge in [0, 0.05) is 39.3 Å². The van der Waals surface area contributed by atoms with Crippen LogP contribution in [0.4, 0.5) is 13.2 Å². The van der Waals surface area contributed by atoms with Gasteiger partial charge < -0.3 is 4.90 Å². The Bertz CT molecular complexity index is 711. The lowest BCUT2D eigenvalue weighted by molar-refractivity contribution is -0.138. The van der Waals surface area contributed by atoms with Gasteiger partial charge in [0.2, 0.25) is 10.0 Å². The summed E-state index contributed by atoms with van der Waals surface area (Å²) in [6.07, 6.45) is -4.57. The van der Waals surface area contributed by atoms with Crippen LogP contribution < -0.4 is 4.72 Å². The molecule has 0 unspecified atom stereocenters. The Morgan fingerprint density at radius 3 is 2.43 bits per heavy atom. The number of alkyl halides is 3. The first-order valence-corrected chi connectivity index (χ1v) is 8.79. The van der Waals surface area contributed by atoms with Gasteiger partial charge in [-0.1, -0.05) is 0 Å². The lowest BCUT2D eigenvalue weighted by Crippen LogP contribution is -2.43. The van der Waals surface area contributed by atoms with E-state index in [0.29, 0.717) is 12.1 Å². The normalized spacial score (nSPS) is 22.3. The Hall–Kier alpha value is -1.16. The number of likely N-dealkylation sites (N-methyl/N-ethyl adjacent to an activating group) is 1. The van der Waals surface area contributed by atoms with Crippen molar-refractivity contribution in [2.24, 2.45) is 0 Å². The first kappa shape index (κ1) is 16.7. The molecule has 0 saturated carbocycles. The van der Waals surface area contributed by atoms with Crippen LogP contribution >= 0.6 is 0 Å². The molecule has 0 radical (unpaired) electrons. The second kappa shape index (κ2) is 5.73. The monoisotopic (exact) mass is 349 g/mol. The Morgan fingerprint density at radius 1 is 1.17 bits per heavy atom. The summed E-state index contributed by atoms with van der Waals surface area (Å²) in [5.74, 6) is 0. The van der Waals surface area contributed by atoms with Gasteiger partial charge in [0.25, 0.3) is 0 Å². The fourth-order valence-electron chi connectivity index (χ4n) is 2.98. The van der Waals surface area contributed by atoms with Crippen LogP contribution in [0, 0.1) is 0 Å². The number of halogens is 3. The van der Waals surface area contributed by atoms with E-state index in [1.165, 1.54) is 6.07 Å². The van der Waals surface area contributed by atoms with Crippen molar-refractivity contribution in [2.75, 3.05) is 33.2 Å². The summed E-state index contributed by atoms with van der Waals surface area (Å²) >= 11 is 0. The summed E-state index contributed by atoms with van der Waals surface area (Å²) in [5.41, 5.74) is -0.653. The van der Waals surface area contributed by atoms with Crippen molar-refractivity contribution in [3.63, 3.8) is 0 Å². The van der Waals surface area contributed by atoms with Gasteiger partial charge in [-0.3, -0.25) is 4.90 Å². The van der Waals surface area contributed by atoms with E-state index in [1.807, 2.05) is 11.9 Å². The lowest BCUT2D eigenvalue weighted by Gasteiger charge is -2.32. The Balaban J connectivity index is 1.96. The van der Waals surface area contributed by atoms with Gasteiger partial charge in [-0.05, 0) is 30.3 Å². The standard InChI is InChI=1S/C14H18F3N3O2S/c1-19-2-4-20(5-3-19)9-10-6-12(14(15,16)17)11-8-18-23(21,22)13(11)7-10/h6-7,18H,2-5,8-9H2,1H3. The van der Waals surface area contributed by atoms with Crippen LogP contribution in [0.2, 0.25) is 0 Å². The molecule has 1 fully saturated rings. The summed E-state index contributed by atoms with van der Waals surface area (Å²) in [6.45, 7) is 3.20. The zero-order valence-corrected chi connectivity index (χ0v) is 13.5. The molecular formula is C14H18F3N3O2S. The van der Waals surface area contributed by atoms with Gasteiger partial charge in [-0.2, -0.15) is 13.2 Å². The lowest BCUT2D eigenvalue weighted by atomic mass is 10.0. The number of benzene rings is 1. The molecule has 2 heterocycles. The van der Waals surface area contributed by atoms with Crippen LogP contribution in [0.5, 0.6) is 0 Å². The van der Waals surface area contributed by atoms with Crippen molar-refractivity contribution in [1.29, 1.82) is 0 Å². The van der Waals surface area contributed by atoms with E-state index in [4.69, 9.17) is 0 Å². The highest BCUT2D eigenvalue weighted by molar-refractivity contribution is 7.89. The third kappa shape index (κ3) is 3.37. The topological polar surface area (TPSA) is 52.7 Å². The largest absolute Gasteiger partial charge is 0.416 e. The van der Waals surface area contributed by atoms with Crippen molar-refractivity contribution in [2.45, 2.75) is 24.2 Å². The quantitative estimate of drug-likeness (QED) is 0.873. The summed E-state index contributed by atoms with van der Waals surface area (Å²) in [7, 11) is -1.84. The van der Waals surface area contributed by atoms with Crippen molar-refractivity contribution in [3.8, 4) is 0 Å². The van der Waals surface area contributed by atoms with E-state index in [2.05, 4.69) is 9.62 Å². The molecule has 9 heteroatoms. The van der Waals surface area contributed by atoms with Crippen molar-refractivity contribution < 1.29 is 21.6 Å². The highest BCUT2D eigenvalue weighted by Gasteiger charge is 2.39. The molecule has 1 saturated heterocycles. The highest BCUT2D eigenvalue weighted by Crippen LogP contribution is 2.38. The van der Waals surface area contributed by atoms with Gasteiger partial charge in [-0.15, -0.1) is 0 Å². The van der Waals surface area contributed by atoms with E-state index in [9.17, 15) is 21.6 Å². The zero-order chi connectivity index (χ0) is 16.8.